The van der Waals surface area contributed by atoms with Crippen LogP contribution in [0.2, 0.25) is 0 Å². The minimum atomic E-state index is -0.385. The Hall–Kier alpha value is -3.67. The lowest BCUT2D eigenvalue weighted by Crippen LogP contribution is -2.46. The predicted molar refractivity (Wildman–Crippen MR) is 150 cm³/mol. The maximum atomic E-state index is 13.8. The molecule has 3 aromatic rings. The van der Waals surface area contributed by atoms with Gasteiger partial charge in [0.2, 0.25) is 5.91 Å². The first-order valence-electron chi connectivity index (χ1n) is 13.0. The van der Waals surface area contributed by atoms with Crippen LogP contribution < -0.4 is 10.2 Å². The number of rotatable bonds is 5. The summed E-state index contributed by atoms with van der Waals surface area (Å²) in [5.41, 5.74) is 5.21. The van der Waals surface area contributed by atoms with E-state index in [2.05, 4.69) is 37.1 Å². The molecular weight excluding hydrogens is 460 g/mol. The first kappa shape index (κ1) is 26.4. The third kappa shape index (κ3) is 5.85. The fraction of sp³-hybridized carbons (Fsp3) is 0.387. The SMILES string of the molecule is Cc1cccnc1C(=O)N1CCC[C@H](C(=O)Nc2cccc(C(C)(C)C)c2)C1c1ccc(N(C)C)cc1. The quantitative estimate of drug-likeness (QED) is 0.470. The number of amides is 2. The molecule has 1 N–H and O–H groups in total. The Morgan fingerprint density at radius 1 is 1.03 bits per heavy atom. The summed E-state index contributed by atoms with van der Waals surface area (Å²) in [4.78, 5) is 35.8. The number of nitrogens with one attached hydrogen (secondary N) is 1. The Morgan fingerprint density at radius 3 is 2.41 bits per heavy atom. The number of anilines is 2. The summed E-state index contributed by atoms with van der Waals surface area (Å²) >= 11 is 0. The maximum absolute atomic E-state index is 13.8. The molecule has 0 aliphatic carbocycles. The van der Waals surface area contributed by atoms with Crippen LogP contribution in [0.5, 0.6) is 0 Å². The lowest BCUT2D eigenvalue weighted by Gasteiger charge is -2.41. The summed E-state index contributed by atoms with van der Waals surface area (Å²) in [6.45, 7) is 8.96. The number of pyridine rings is 1. The average Bonchev–Trinajstić information content (AvgIpc) is 2.88. The number of aryl methyl sites for hydroxylation is 1. The Kier molecular flexibility index (Phi) is 7.67. The van der Waals surface area contributed by atoms with Crippen LogP contribution in [0.3, 0.4) is 0 Å². The predicted octanol–water partition coefficient (Wildman–Crippen LogP) is 5.99. The highest BCUT2D eigenvalue weighted by Crippen LogP contribution is 2.38. The largest absolute Gasteiger partial charge is 0.378 e. The van der Waals surface area contributed by atoms with E-state index in [1.54, 1.807) is 6.20 Å². The molecule has 1 saturated heterocycles. The van der Waals surface area contributed by atoms with Gasteiger partial charge < -0.3 is 15.1 Å². The molecule has 2 atom stereocenters. The number of aromatic nitrogens is 1. The molecule has 1 aromatic heterocycles. The monoisotopic (exact) mass is 498 g/mol. The highest BCUT2D eigenvalue weighted by molar-refractivity contribution is 5.96. The van der Waals surface area contributed by atoms with E-state index in [1.165, 1.54) is 0 Å². The molecule has 2 heterocycles. The van der Waals surface area contributed by atoms with Crippen molar-refractivity contribution in [2.75, 3.05) is 30.9 Å². The number of hydrogen-bond donors (Lipinski definition) is 1. The van der Waals surface area contributed by atoms with Gasteiger partial charge in [-0.2, -0.15) is 0 Å². The third-order valence-corrected chi connectivity index (χ3v) is 7.19. The summed E-state index contributed by atoms with van der Waals surface area (Å²) in [7, 11) is 3.99. The molecule has 0 radical (unpaired) electrons. The smallest absolute Gasteiger partial charge is 0.273 e. The van der Waals surface area contributed by atoms with Crippen LogP contribution in [0.4, 0.5) is 11.4 Å². The van der Waals surface area contributed by atoms with Gasteiger partial charge in [0.25, 0.3) is 5.91 Å². The van der Waals surface area contributed by atoms with Gasteiger partial charge in [0.15, 0.2) is 0 Å². The Labute approximate surface area is 220 Å². The first-order valence-corrected chi connectivity index (χ1v) is 13.0. The molecule has 4 rings (SSSR count). The molecular formula is C31H38N4O2. The van der Waals surface area contributed by atoms with E-state index in [0.29, 0.717) is 18.7 Å². The Morgan fingerprint density at radius 2 is 1.76 bits per heavy atom. The Balaban J connectivity index is 1.70. The number of likely N-dealkylation sites (tertiary alicyclic amines) is 1. The molecule has 0 spiro atoms. The molecule has 37 heavy (non-hydrogen) atoms. The summed E-state index contributed by atoms with van der Waals surface area (Å²) < 4.78 is 0. The number of benzene rings is 2. The van der Waals surface area contributed by atoms with Gasteiger partial charge in [-0.25, -0.2) is 0 Å². The highest BCUT2D eigenvalue weighted by Gasteiger charge is 2.40. The first-order chi connectivity index (χ1) is 17.6. The highest BCUT2D eigenvalue weighted by atomic mass is 16.2. The zero-order valence-electron chi connectivity index (χ0n) is 22.8. The molecule has 6 nitrogen and oxygen atoms in total. The van der Waals surface area contributed by atoms with Gasteiger partial charge >= 0.3 is 0 Å². The minimum absolute atomic E-state index is 0.0218. The van der Waals surface area contributed by atoms with E-state index in [0.717, 1.165) is 34.5 Å². The minimum Gasteiger partial charge on any atom is -0.378 e. The molecule has 2 aromatic carbocycles. The van der Waals surface area contributed by atoms with E-state index >= 15 is 0 Å². The van der Waals surface area contributed by atoms with Gasteiger partial charge in [0.05, 0.1) is 12.0 Å². The van der Waals surface area contributed by atoms with Crippen molar-refractivity contribution in [3.63, 3.8) is 0 Å². The topological polar surface area (TPSA) is 65.5 Å². The van der Waals surface area contributed by atoms with Crippen molar-refractivity contribution in [1.82, 2.24) is 9.88 Å². The molecule has 2 amide bonds. The van der Waals surface area contributed by atoms with Crippen LogP contribution in [0.15, 0.2) is 66.9 Å². The molecule has 0 saturated carbocycles. The van der Waals surface area contributed by atoms with Crippen LogP contribution in [0, 0.1) is 12.8 Å². The standard InChI is InChI=1S/C31H38N4O2/c1-21-10-8-18-32-27(21)30(37)35-19-9-13-26(28(35)22-14-16-25(17-15-22)34(5)6)29(36)33-24-12-7-11-23(20-24)31(2,3)4/h7-8,10-12,14-18,20,26,28H,9,13,19H2,1-6H3,(H,33,36)/t26-,28?/m0/s1. The van der Waals surface area contributed by atoms with Crippen LogP contribution >= 0.6 is 0 Å². The van der Waals surface area contributed by atoms with E-state index < -0.39 is 0 Å². The fourth-order valence-corrected chi connectivity index (χ4v) is 5.02. The molecule has 0 bridgehead atoms. The van der Waals surface area contributed by atoms with Gasteiger partial charge in [0, 0.05) is 38.2 Å². The van der Waals surface area contributed by atoms with Crippen molar-refractivity contribution >= 4 is 23.2 Å². The van der Waals surface area contributed by atoms with Crippen molar-refractivity contribution in [1.29, 1.82) is 0 Å². The molecule has 194 valence electrons. The van der Waals surface area contributed by atoms with E-state index in [-0.39, 0.29) is 29.2 Å². The van der Waals surface area contributed by atoms with Crippen LogP contribution in [0.1, 0.15) is 66.8 Å². The van der Waals surface area contributed by atoms with E-state index in [1.807, 2.05) is 85.4 Å². The maximum Gasteiger partial charge on any atom is 0.273 e. The van der Waals surface area contributed by atoms with Crippen molar-refractivity contribution in [3.05, 3.63) is 89.2 Å². The number of carbonyl (C=O) groups is 2. The zero-order valence-corrected chi connectivity index (χ0v) is 22.8. The number of hydrogen-bond acceptors (Lipinski definition) is 4. The molecule has 1 fully saturated rings. The molecule has 1 unspecified atom stereocenters. The second kappa shape index (κ2) is 10.8. The molecule has 1 aliphatic heterocycles. The van der Waals surface area contributed by atoms with Crippen molar-refractivity contribution in [2.45, 2.75) is 52.0 Å². The lowest BCUT2D eigenvalue weighted by atomic mass is 9.83. The molecule has 1 aliphatic rings. The van der Waals surface area contributed by atoms with Gasteiger partial charge in [-0.3, -0.25) is 14.6 Å². The van der Waals surface area contributed by atoms with Crippen LogP contribution in [0.25, 0.3) is 0 Å². The van der Waals surface area contributed by atoms with Crippen molar-refractivity contribution in [3.8, 4) is 0 Å². The summed E-state index contributed by atoms with van der Waals surface area (Å²) in [6.07, 6.45) is 3.11. The number of nitrogens with zero attached hydrogens (tertiary/aromatic N) is 3. The fourth-order valence-electron chi connectivity index (χ4n) is 5.02. The second-order valence-electron chi connectivity index (χ2n) is 11.2. The third-order valence-electron chi connectivity index (χ3n) is 7.19. The van der Waals surface area contributed by atoms with Crippen LogP contribution in [-0.4, -0.2) is 42.3 Å². The average molecular weight is 499 g/mol. The number of carbonyl (C=O) groups excluding carboxylic acids is 2. The van der Waals surface area contributed by atoms with Gasteiger partial charge in [-0.05, 0) is 72.2 Å². The van der Waals surface area contributed by atoms with Crippen molar-refractivity contribution in [2.24, 2.45) is 5.92 Å². The van der Waals surface area contributed by atoms with Gasteiger partial charge in [-0.15, -0.1) is 0 Å². The summed E-state index contributed by atoms with van der Waals surface area (Å²) in [5, 5.41) is 3.16. The van der Waals surface area contributed by atoms with E-state index in [9.17, 15) is 9.59 Å². The second-order valence-corrected chi connectivity index (χ2v) is 11.2. The zero-order chi connectivity index (χ0) is 26.7. The van der Waals surface area contributed by atoms with E-state index in [4.69, 9.17) is 0 Å². The number of piperidine rings is 1. The van der Waals surface area contributed by atoms with Crippen LogP contribution in [-0.2, 0) is 10.2 Å². The lowest BCUT2D eigenvalue weighted by molar-refractivity contribution is -0.123. The normalized spacial score (nSPS) is 17.8. The molecule has 6 heteroatoms. The Bertz CT molecular complexity index is 1260. The van der Waals surface area contributed by atoms with Gasteiger partial charge in [0.1, 0.15) is 5.69 Å². The van der Waals surface area contributed by atoms with Crippen molar-refractivity contribution < 1.29 is 9.59 Å². The van der Waals surface area contributed by atoms with Gasteiger partial charge in [-0.1, -0.05) is 51.1 Å². The summed E-state index contributed by atoms with van der Waals surface area (Å²) in [6, 6.07) is 19.5. The summed E-state index contributed by atoms with van der Waals surface area (Å²) in [5.74, 6) is -0.583.